The van der Waals surface area contributed by atoms with E-state index < -0.39 is 0 Å². The minimum Gasteiger partial charge on any atom is -0.374 e. The molecule has 94 valence electrons. The summed E-state index contributed by atoms with van der Waals surface area (Å²) in [5.74, 6) is 1.02. The number of rotatable bonds is 2. The first-order valence-electron chi connectivity index (χ1n) is 5.98. The number of hydrogen-bond donors (Lipinski definition) is 1. The number of nitrogens with one attached hydrogen (secondary N) is 1. The third-order valence-corrected chi connectivity index (χ3v) is 4.03. The van der Waals surface area contributed by atoms with Crippen LogP contribution in [-0.4, -0.2) is 52.8 Å². The van der Waals surface area contributed by atoms with Crippen molar-refractivity contribution in [2.45, 2.75) is 18.7 Å². The molecule has 3 rings (SSSR count). The minimum atomic E-state index is 0.333. The van der Waals surface area contributed by atoms with E-state index in [1.165, 1.54) is 0 Å². The highest BCUT2D eigenvalue weighted by atomic mass is 35.5. The summed E-state index contributed by atoms with van der Waals surface area (Å²) >= 11 is 6.00. The molecule has 6 heteroatoms. The van der Waals surface area contributed by atoms with E-state index in [2.05, 4.69) is 15.2 Å². The van der Waals surface area contributed by atoms with Crippen molar-refractivity contribution >= 4 is 11.6 Å². The van der Waals surface area contributed by atoms with Crippen molar-refractivity contribution in [1.29, 1.82) is 0 Å². The van der Waals surface area contributed by atoms with Crippen molar-refractivity contribution in [3.05, 3.63) is 17.2 Å². The zero-order valence-corrected chi connectivity index (χ0v) is 10.7. The van der Waals surface area contributed by atoms with E-state index >= 15 is 0 Å². The molecule has 0 spiro atoms. The first-order chi connectivity index (χ1) is 8.25. The lowest BCUT2D eigenvalue weighted by Crippen LogP contribution is -2.50. The first-order valence-corrected chi connectivity index (χ1v) is 6.36. The molecule has 0 saturated carbocycles. The molecule has 3 heterocycles. The van der Waals surface area contributed by atoms with Gasteiger partial charge in [-0.1, -0.05) is 11.6 Å². The van der Waals surface area contributed by atoms with Gasteiger partial charge < -0.3 is 14.6 Å². The number of aromatic nitrogens is 2. The lowest BCUT2D eigenvalue weighted by molar-refractivity contribution is -0.0510. The number of nitrogens with zero attached hydrogens (tertiary/aromatic N) is 3. The second-order valence-electron chi connectivity index (χ2n) is 4.66. The van der Waals surface area contributed by atoms with Gasteiger partial charge in [-0.2, -0.15) is 0 Å². The van der Waals surface area contributed by atoms with E-state index in [-0.39, 0.29) is 0 Å². The van der Waals surface area contributed by atoms with Crippen LogP contribution in [0, 0.1) is 0 Å². The molecule has 0 amide bonds. The summed E-state index contributed by atoms with van der Waals surface area (Å²) in [6.07, 6.45) is 2.04. The first kappa shape index (κ1) is 11.5. The van der Waals surface area contributed by atoms with Crippen LogP contribution in [0.3, 0.4) is 0 Å². The Morgan fingerprint density at radius 3 is 3.24 bits per heavy atom. The molecule has 17 heavy (non-hydrogen) atoms. The molecule has 0 aliphatic carbocycles. The number of morpholine rings is 1. The average molecular weight is 257 g/mol. The van der Waals surface area contributed by atoms with Crippen molar-refractivity contribution in [2.24, 2.45) is 7.05 Å². The molecule has 2 aliphatic rings. The molecule has 0 unspecified atom stereocenters. The number of imidazole rings is 1. The molecule has 2 aliphatic heterocycles. The third kappa shape index (κ3) is 2.08. The number of fused-ring (bicyclic) bond motifs is 1. The second-order valence-corrected chi connectivity index (χ2v) is 5.05. The minimum absolute atomic E-state index is 0.333. The highest BCUT2D eigenvalue weighted by Gasteiger charge is 2.36. The van der Waals surface area contributed by atoms with E-state index in [1.807, 2.05) is 11.6 Å². The van der Waals surface area contributed by atoms with Crippen LogP contribution in [0.1, 0.15) is 5.82 Å². The van der Waals surface area contributed by atoms with E-state index in [1.54, 1.807) is 6.20 Å². The fourth-order valence-corrected chi connectivity index (χ4v) is 2.76. The fraction of sp³-hybridized carbons (Fsp3) is 0.727. The van der Waals surface area contributed by atoms with Crippen LogP contribution >= 0.6 is 11.6 Å². The zero-order valence-electron chi connectivity index (χ0n) is 9.90. The summed E-state index contributed by atoms with van der Waals surface area (Å²) in [6.45, 7) is 4.58. The summed E-state index contributed by atoms with van der Waals surface area (Å²) in [6, 6.07) is 0.472. The van der Waals surface area contributed by atoms with Gasteiger partial charge in [0.25, 0.3) is 0 Å². The predicted octanol–water partition coefficient (Wildman–Crippen LogP) is 0.246. The number of hydrogen-bond acceptors (Lipinski definition) is 4. The fourth-order valence-electron chi connectivity index (χ4n) is 2.61. The topological polar surface area (TPSA) is 42.3 Å². The van der Waals surface area contributed by atoms with Gasteiger partial charge in [-0.25, -0.2) is 4.98 Å². The largest absolute Gasteiger partial charge is 0.374 e. The number of ether oxygens (including phenoxy) is 1. The summed E-state index contributed by atoms with van der Waals surface area (Å²) in [5.41, 5.74) is 0. The Balaban J connectivity index is 1.74. The summed E-state index contributed by atoms with van der Waals surface area (Å²) in [7, 11) is 1.95. The molecule has 0 aromatic carbocycles. The highest BCUT2D eigenvalue weighted by Crippen LogP contribution is 2.20. The van der Waals surface area contributed by atoms with Crippen molar-refractivity contribution in [3.63, 3.8) is 0 Å². The van der Waals surface area contributed by atoms with Gasteiger partial charge in [-0.15, -0.1) is 0 Å². The van der Waals surface area contributed by atoms with Gasteiger partial charge in [0.15, 0.2) is 0 Å². The monoisotopic (exact) mass is 256 g/mol. The molecular weight excluding hydrogens is 240 g/mol. The summed E-state index contributed by atoms with van der Waals surface area (Å²) < 4.78 is 7.69. The highest BCUT2D eigenvalue weighted by molar-refractivity contribution is 6.29. The lowest BCUT2D eigenvalue weighted by Gasteiger charge is -2.36. The molecule has 1 N–H and O–H groups in total. The van der Waals surface area contributed by atoms with E-state index in [4.69, 9.17) is 16.3 Å². The van der Waals surface area contributed by atoms with Crippen molar-refractivity contribution < 1.29 is 4.74 Å². The Labute approximate surface area is 106 Å². The third-order valence-electron chi connectivity index (χ3n) is 3.68. The normalized spacial score (nSPS) is 29.5. The molecular formula is C11H17ClN4O. The smallest absolute Gasteiger partial charge is 0.128 e. The van der Waals surface area contributed by atoms with Crippen molar-refractivity contribution in [3.8, 4) is 0 Å². The molecule has 2 saturated heterocycles. The Morgan fingerprint density at radius 1 is 1.59 bits per heavy atom. The van der Waals surface area contributed by atoms with Crippen LogP contribution in [0.15, 0.2) is 6.20 Å². The van der Waals surface area contributed by atoms with Gasteiger partial charge in [0.05, 0.1) is 31.5 Å². The maximum absolute atomic E-state index is 6.00. The van der Waals surface area contributed by atoms with E-state index in [0.717, 1.165) is 38.6 Å². The van der Waals surface area contributed by atoms with Gasteiger partial charge in [-0.3, -0.25) is 4.90 Å². The maximum atomic E-state index is 6.00. The Bertz CT molecular complexity index is 408. The molecule has 5 nitrogen and oxygen atoms in total. The summed E-state index contributed by atoms with van der Waals surface area (Å²) in [5, 5.41) is 4.07. The van der Waals surface area contributed by atoms with Gasteiger partial charge in [0.1, 0.15) is 11.0 Å². The Hall–Kier alpha value is -0.620. The standard InChI is InChI=1S/C11H17ClN4O/c1-15-10(12)6-14-11(15)7-16-2-3-17-9-5-13-4-8(9)16/h6,8-9,13H,2-5,7H2,1H3/t8-,9+/m1/s1. The van der Waals surface area contributed by atoms with E-state index in [0.29, 0.717) is 17.3 Å². The molecule has 2 atom stereocenters. The second kappa shape index (κ2) is 4.57. The molecule has 2 fully saturated rings. The quantitative estimate of drug-likeness (QED) is 0.824. The zero-order chi connectivity index (χ0) is 11.8. The lowest BCUT2D eigenvalue weighted by atomic mass is 10.1. The number of halogens is 1. The maximum Gasteiger partial charge on any atom is 0.128 e. The van der Waals surface area contributed by atoms with Crippen LogP contribution in [0.5, 0.6) is 0 Å². The van der Waals surface area contributed by atoms with E-state index in [9.17, 15) is 0 Å². The van der Waals surface area contributed by atoms with Gasteiger partial charge in [0, 0.05) is 26.7 Å². The van der Waals surface area contributed by atoms with Crippen molar-refractivity contribution in [1.82, 2.24) is 19.8 Å². The molecule has 1 aromatic heterocycles. The Morgan fingerprint density at radius 2 is 2.47 bits per heavy atom. The average Bonchev–Trinajstić information content (AvgIpc) is 2.91. The predicted molar refractivity (Wildman–Crippen MR) is 65.0 cm³/mol. The molecule has 1 aromatic rings. The SMILES string of the molecule is Cn1c(Cl)cnc1CN1CCO[C@H]2CNC[C@H]21. The van der Waals surface area contributed by atoms with Gasteiger partial charge >= 0.3 is 0 Å². The van der Waals surface area contributed by atoms with Crippen LogP contribution in [0.4, 0.5) is 0 Å². The van der Waals surface area contributed by atoms with Crippen LogP contribution in [0.2, 0.25) is 5.15 Å². The van der Waals surface area contributed by atoms with Crippen LogP contribution in [-0.2, 0) is 18.3 Å². The van der Waals surface area contributed by atoms with Crippen molar-refractivity contribution in [2.75, 3.05) is 26.2 Å². The Kier molecular flexibility index (Phi) is 3.08. The molecule has 0 radical (unpaired) electrons. The summed E-state index contributed by atoms with van der Waals surface area (Å²) in [4.78, 5) is 6.79. The van der Waals surface area contributed by atoms with Crippen LogP contribution in [0.25, 0.3) is 0 Å². The molecule has 0 bridgehead atoms. The van der Waals surface area contributed by atoms with Gasteiger partial charge in [0.2, 0.25) is 0 Å². The van der Waals surface area contributed by atoms with Crippen LogP contribution < -0.4 is 5.32 Å². The van der Waals surface area contributed by atoms with Gasteiger partial charge in [-0.05, 0) is 0 Å².